The van der Waals surface area contributed by atoms with E-state index >= 15 is 0 Å². The highest BCUT2D eigenvalue weighted by molar-refractivity contribution is 7.13. The Morgan fingerprint density at radius 1 is 1.26 bits per heavy atom. The standard InChI is InChI=1S/C15H12N2O4S2/c18-14(19)8-9(12-3-1-5-22-12)16-15(20)10-7-11(21-17-10)13-4-2-6-23-13/h1-7,9H,8H2,(H,16,20)(H,18,19). The third-order valence-corrected chi connectivity index (χ3v) is 4.95. The zero-order chi connectivity index (χ0) is 16.2. The Morgan fingerprint density at radius 2 is 2.04 bits per heavy atom. The van der Waals surface area contributed by atoms with Crippen molar-refractivity contribution in [2.75, 3.05) is 0 Å². The van der Waals surface area contributed by atoms with Crippen LogP contribution in [0, 0.1) is 0 Å². The molecule has 3 heterocycles. The second kappa shape index (κ2) is 6.76. The van der Waals surface area contributed by atoms with E-state index in [0.29, 0.717) is 5.76 Å². The Morgan fingerprint density at radius 3 is 2.70 bits per heavy atom. The van der Waals surface area contributed by atoms with Crippen molar-refractivity contribution >= 4 is 34.6 Å². The lowest BCUT2D eigenvalue weighted by Crippen LogP contribution is -2.29. The van der Waals surface area contributed by atoms with Crippen LogP contribution in [0.2, 0.25) is 0 Å². The fourth-order valence-electron chi connectivity index (χ4n) is 2.04. The third-order valence-electron chi connectivity index (χ3n) is 3.08. The van der Waals surface area contributed by atoms with Crippen molar-refractivity contribution < 1.29 is 19.2 Å². The average Bonchev–Trinajstić information content (AvgIpc) is 3.25. The summed E-state index contributed by atoms with van der Waals surface area (Å²) in [7, 11) is 0. The van der Waals surface area contributed by atoms with Crippen LogP contribution in [0.1, 0.15) is 27.8 Å². The van der Waals surface area contributed by atoms with Crippen molar-refractivity contribution in [2.45, 2.75) is 12.5 Å². The molecule has 1 atom stereocenters. The molecule has 1 amide bonds. The molecule has 1 unspecified atom stereocenters. The fourth-order valence-corrected chi connectivity index (χ4v) is 3.49. The van der Waals surface area contributed by atoms with Gasteiger partial charge in [-0.3, -0.25) is 9.59 Å². The van der Waals surface area contributed by atoms with E-state index in [2.05, 4.69) is 10.5 Å². The highest BCUT2D eigenvalue weighted by Gasteiger charge is 2.22. The second-order valence-electron chi connectivity index (χ2n) is 4.69. The molecular weight excluding hydrogens is 336 g/mol. The van der Waals surface area contributed by atoms with Crippen molar-refractivity contribution in [3.63, 3.8) is 0 Å². The predicted molar refractivity (Wildman–Crippen MR) is 86.6 cm³/mol. The summed E-state index contributed by atoms with van der Waals surface area (Å²) in [6.07, 6.45) is -0.193. The summed E-state index contributed by atoms with van der Waals surface area (Å²) in [5, 5.41) is 19.2. The first kappa shape index (κ1) is 15.4. The first-order valence-electron chi connectivity index (χ1n) is 6.70. The van der Waals surface area contributed by atoms with Gasteiger partial charge in [-0.2, -0.15) is 0 Å². The molecule has 0 aliphatic carbocycles. The Hall–Kier alpha value is -2.45. The zero-order valence-corrected chi connectivity index (χ0v) is 13.4. The number of hydrogen-bond donors (Lipinski definition) is 2. The number of aromatic nitrogens is 1. The molecule has 3 aromatic rings. The molecule has 0 radical (unpaired) electrons. The minimum Gasteiger partial charge on any atom is -0.481 e. The maximum absolute atomic E-state index is 12.3. The largest absolute Gasteiger partial charge is 0.481 e. The predicted octanol–water partition coefficient (Wildman–Crippen LogP) is 3.41. The third kappa shape index (κ3) is 3.66. The van der Waals surface area contributed by atoms with E-state index in [4.69, 9.17) is 9.63 Å². The number of nitrogens with one attached hydrogen (secondary N) is 1. The molecule has 6 nitrogen and oxygen atoms in total. The first-order valence-corrected chi connectivity index (χ1v) is 8.46. The van der Waals surface area contributed by atoms with Crippen LogP contribution in [-0.4, -0.2) is 22.1 Å². The molecule has 0 aliphatic rings. The van der Waals surface area contributed by atoms with Gasteiger partial charge in [-0.15, -0.1) is 22.7 Å². The fraction of sp³-hybridized carbons (Fsp3) is 0.133. The van der Waals surface area contributed by atoms with E-state index in [1.807, 2.05) is 29.0 Å². The van der Waals surface area contributed by atoms with Gasteiger partial charge in [0, 0.05) is 10.9 Å². The lowest BCUT2D eigenvalue weighted by molar-refractivity contribution is -0.137. The summed E-state index contributed by atoms with van der Waals surface area (Å²) < 4.78 is 5.17. The number of carbonyl (C=O) groups excluding carboxylic acids is 1. The summed E-state index contributed by atoms with van der Waals surface area (Å²) in [4.78, 5) is 25.0. The minimum atomic E-state index is -0.983. The van der Waals surface area contributed by atoms with Gasteiger partial charge in [0.25, 0.3) is 5.91 Å². The minimum absolute atomic E-state index is 0.125. The lowest BCUT2D eigenvalue weighted by atomic mass is 10.1. The second-order valence-corrected chi connectivity index (χ2v) is 6.62. The van der Waals surface area contributed by atoms with Crippen molar-refractivity contribution in [1.29, 1.82) is 0 Å². The van der Waals surface area contributed by atoms with Gasteiger partial charge in [-0.25, -0.2) is 0 Å². The SMILES string of the molecule is O=C(O)CC(NC(=O)c1cc(-c2cccs2)on1)c1cccs1. The molecule has 0 saturated carbocycles. The molecule has 3 aromatic heterocycles. The smallest absolute Gasteiger partial charge is 0.305 e. The van der Waals surface area contributed by atoms with Gasteiger partial charge in [-0.1, -0.05) is 17.3 Å². The Kier molecular flexibility index (Phi) is 4.54. The van der Waals surface area contributed by atoms with E-state index in [-0.39, 0.29) is 12.1 Å². The molecule has 0 aliphatic heterocycles. The summed E-state index contributed by atoms with van der Waals surface area (Å²) in [5.74, 6) is -0.935. The number of rotatable bonds is 6. The molecule has 3 rings (SSSR count). The van der Waals surface area contributed by atoms with Crippen molar-refractivity contribution in [3.05, 3.63) is 51.7 Å². The molecule has 118 valence electrons. The van der Waals surface area contributed by atoms with Crippen LogP contribution in [0.3, 0.4) is 0 Å². The van der Waals surface area contributed by atoms with Gasteiger partial charge in [0.2, 0.25) is 0 Å². The average molecular weight is 348 g/mol. The number of aliphatic carboxylic acids is 1. The van der Waals surface area contributed by atoms with Crippen LogP contribution in [0.5, 0.6) is 0 Å². The van der Waals surface area contributed by atoms with Crippen LogP contribution < -0.4 is 5.32 Å². The number of carboxylic acid groups (broad SMARTS) is 1. The van der Waals surface area contributed by atoms with Crippen LogP contribution in [0.4, 0.5) is 0 Å². The number of hydrogen-bond acceptors (Lipinski definition) is 6. The quantitative estimate of drug-likeness (QED) is 0.712. The van der Waals surface area contributed by atoms with E-state index < -0.39 is 17.9 Å². The van der Waals surface area contributed by atoms with Crippen LogP contribution in [-0.2, 0) is 4.79 Å². The van der Waals surface area contributed by atoms with E-state index in [1.165, 1.54) is 22.7 Å². The summed E-state index contributed by atoms with van der Waals surface area (Å²) in [6, 6.07) is 8.30. The molecule has 0 saturated heterocycles. The van der Waals surface area contributed by atoms with Crippen LogP contribution >= 0.6 is 22.7 Å². The molecule has 2 N–H and O–H groups in total. The van der Waals surface area contributed by atoms with Crippen molar-refractivity contribution in [2.24, 2.45) is 0 Å². The van der Waals surface area contributed by atoms with Gasteiger partial charge in [0.15, 0.2) is 11.5 Å². The molecule has 0 spiro atoms. The zero-order valence-electron chi connectivity index (χ0n) is 11.8. The van der Waals surface area contributed by atoms with Gasteiger partial charge in [0.1, 0.15) is 0 Å². The van der Waals surface area contributed by atoms with E-state index in [1.54, 1.807) is 12.1 Å². The molecule has 23 heavy (non-hydrogen) atoms. The summed E-state index contributed by atoms with van der Waals surface area (Å²) in [5.41, 5.74) is 0.125. The summed E-state index contributed by atoms with van der Waals surface area (Å²) >= 11 is 2.87. The number of carboxylic acids is 1. The van der Waals surface area contributed by atoms with Gasteiger partial charge in [0.05, 0.1) is 17.3 Å². The normalized spacial score (nSPS) is 12.0. The Labute approximate surface area is 139 Å². The van der Waals surface area contributed by atoms with Crippen LogP contribution in [0.25, 0.3) is 10.6 Å². The van der Waals surface area contributed by atoms with Crippen molar-refractivity contribution in [3.8, 4) is 10.6 Å². The number of nitrogens with zero attached hydrogens (tertiary/aromatic N) is 1. The topological polar surface area (TPSA) is 92.4 Å². The Bertz CT molecular complexity index is 793. The highest BCUT2D eigenvalue weighted by atomic mass is 32.1. The van der Waals surface area contributed by atoms with E-state index in [0.717, 1.165) is 9.75 Å². The van der Waals surface area contributed by atoms with E-state index in [9.17, 15) is 9.59 Å². The number of carbonyl (C=O) groups is 2. The molecule has 0 aromatic carbocycles. The van der Waals surface area contributed by atoms with Crippen LogP contribution in [0.15, 0.2) is 45.6 Å². The van der Waals surface area contributed by atoms with Gasteiger partial charge in [-0.05, 0) is 22.9 Å². The monoisotopic (exact) mass is 348 g/mol. The maximum atomic E-state index is 12.3. The highest BCUT2D eigenvalue weighted by Crippen LogP contribution is 2.26. The van der Waals surface area contributed by atoms with Gasteiger partial charge >= 0.3 is 5.97 Å². The van der Waals surface area contributed by atoms with Crippen molar-refractivity contribution in [1.82, 2.24) is 10.5 Å². The molecule has 0 fully saturated rings. The molecule has 0 bridgehead atoms. The first-order chi connectivity index (χ1) is 11.1. The number of amides is 1. The Balaban J connectivity index is 1.75. The lowest BCUT2D eigenvalue weighted by Gasteiger charge is -2.14. The molecular formula is C15H12N2O4S2. The maximum Gasteiger partial charge on any atom is 0.305 e. The summed E-state index contributed by atoms with van der Waals surface area (Å²) in [6.45, 7) is 0. The van der Waals surface area contributed by atoms with Gasteiger partial charge < -0.3 is 14.9 Å². The number of thiophene rings is 2. The molecule has 8 heteroatoms.